The van der Waals surface area contributed by atoms with E-state index in [9.17, 15) is 0 Å². The first kappa shape index (κ1) is 17.8. The summed E-state index contributed by atoms with van der Waals surface area (Å²) in [7, 11) is 0. The van der Waals surface area contributed by atoms with Crippen LogP contribution in [0.3, 0.4) is 0 Å². The summed E-state index contributed by atoms with van der Waals surface area (Å²) in [6.07, 6.45) is 3.85. The summed E-state index contributed by atoms with van der Waals surface area (Å²) >= 11 is 6.22. The summed E-state index contributed by atoms with van der Waals surface area (Å²) in [6, 6.07) is 7.16. The highest BCUT2D eigenvalue weighted by molar-refractivity contribution is 6.31. The van der Waals surface area contributed by atoms with E-state index in [4.69, 9.17) is 11.6 Å². The van der Waals surface area contributed by atoms with E-state index in [0.29, 0.717) is 6.04 Å². The second-order valence-electron chi connectivity index (χ2n) is 5.48. The highest BCUT2D eigenvalue weighted by atomic mass is 35.5. The van der Waals surface area contributed by atoms with Crippen LogP contribution in [0.4, 0.5) is 0 Å². The fraction of sp³-hybridized carbons (Fsp3) is 0.625. The number of benzene rings is 1. The molecule has 1 atom stereocenters. The lowest BCUT2D eigenvalue weighted by Crippen LogP contribution is -2.35. The lowest BCUT2D eigenvalue weighted by Gasteiger charge is -2.30. The normalized spacial score (nSPS) is 19.5. The van der Waals surface area contributed by atoms with Crippen molar-refractivity contribution < 1.29 is 0 Å². The van der Waals surface area contributed by atoms with Gasteiger partial charge in [-0.05, 0) is 63.0 Å². The second-order valence-corrected chi connectivity index (χ2v) is 5.89. The number of hydrogen-bond acceptors (Lipinski definition) is 2. The number of hydrogen-bond donors (Lipinski definition) is 1. The second kappa shape index (κ2) is 8.89. The maximum absolute atomic E-state index is 6.22. The van der Waals surface area contributed by atoms with Gasteiger partial charge in [-0.1, -0.05) is 30.7 Å². The Morgan fingerprint density at radius 2 is 2.10 bits per heavy atom. The number of aryl methyl sites for hydroxylation is 1. The minimum Gasteiger partial charge on any atom is -0.317 e. The quantitative estimate of drug-likeness (QED) is 0.902. The van der Waals surface area contributed by atoms with Crippen LogP contribution in [-0.2, 0) is 6.54 Å². The van der Waals surface area contributed by atoms with Gasteiger partial charge in [0.15, 0.2) is 0 Å². The van der Waals surface area contributed by atoms with Crippen molar-refractivity contribution in [3.8, 4) is 0 Å². The third kappa shape index (κ3) is 4.92. The molecule has 1 fully saturated rings. The fourth-order valence-corrected chi connectivity index (χ4v) is 3.04. The predicted molar refractivity (Wildman–Crippen MR) is 90.0 cm³/mol. The zero-order valence-electron chi connectivity index (χ0n) is 12.5. The molecule has 0 aromatic heterocycles. The lowest BCUT2D eigenvalue weighted by molar-refractivity contribution is 0.182. The van der Waals surface area contributed by atoms with Gasteiger partial charge in [-0.3, -0.25) is 4.90 Å². The van der Waals surface area contributed by atoms with Gasteiger partial charge in [0.2, 0.25) is 0 Å². The van der Waals surface area contributed by atoms with Crippen molar-refractivity contribution in [1.82, 2.24) is 10.2 Å². The van der Waals surface area contributed by atoms with Crippen LogP contribution in [0.1, 0.15) is 37.3 Å². The highest BCUT2D eigenvalue weighted by Crippen LogP contribution is 2.20. The van der Waals surface area contributed by atoms with Crippen molar-refractivity contribution in [2.24, 2.45) is 0 Å². The number of halogens is 2. The van der Waals surface area contributed by atoms with Gasteiger partial charge in [-0.15, -0.1) is 12.4 Å². The number of rotatable bonds is 4. The summed E-state index contributed by atoms with van der Waals surface area (Å²) in [5.41, 5.74) is 2.49. The Morgan fingerprint density at radius 3 is 2.80 bits per heavy atom. The van der Waals surface area contributed by atoms with E-state index in [1.165, 1.54) is 31.4 Å². The SMILES string of the molecule is CCN(Cc1ccc(C)c(Cl)c1)C1CCCNCC1.Cl. The van der Waals surface area contributed by atoms with Crippen LogP contribution in [0.2, 0.25) is 5.02 Å². The zero-order valence-corrected chi connectivity index (χ0v) is 14.1. The first-order chi connectivity index (χ1) is 9.20. The summed E-state index contributed by atoms with van der Waals surface area (Å²) in [6.45, 7) is 8.76. The number of nitrogens with one attached hydrogen (secondary N) is 1. The van der Waals surface area contributed by atoms with Crippen LogP contribution >= 0.6 is 24.0 Å². The maximum Gasteiger partial charge on any atom is 0.0438 e. The molecular formula is C16H26Cl2N2. The molecule has 1 N–H and O–H groups in total. The molecule has 2 nitrogen and oxygen atoms in total. The topological polar surface area (TPSA) is 15.3 Å². The van der Waals surface area contributed by atoms with Gasteiger partial charge in [-0.25, -0.2) is 0 Å². The van der Waals surface area contributed by atoms with E-state index in [1.807, 2.05) is 0 Å². The average molecular weight is 317 g/mol. The molecule has 1 aromatic rings. The van der Waals surface area contributed by atoms with E-state index < -0.39 is 0 Å². The molecule has 20 heavy (non-hydrogen) atoms. The molecule has 0 amide bonds. The monoisotopic (exact) mass is 316 g/mol. The third-order valence-corrected chi connectivity index (χ3v) is 4.50. The van der Waals surface area contributed by atoms with Crippen LogP contribution < -0.4 is 5.32 Å². The van der Waals surface area contributed by atoms with Crippen LogP contribution in [0.5, 0.6) is 0 Å². The van der Waals surface area contributed by atoms with E-state index in [2.05, 4.69) is 42.3 Å². The van der Waals surface area contributed by atoms with Crippen molar-refractivity contribution in [3.63, 3.8) is 0 Å². The summed E-state index contributed by atoms with van der Waals surface area (Å²) in [5, 5.41) is 4.37. The van der Waals surface area contributed by atoms with Gasteiger partial charge in [0.25, 0.3) is 0 Å². The molecule has 0 radical (unpaired) electrons. The smallest absolute Gasteiger partial charge is 0.0438 e. The van der Waals surface area contributed by atoms with Gasteiger partial charge < -0.3 is 5.32 Å². The van der Waals surface area contributed by atoms with Gasteiger partial charge >= 0.3 is 0 Å². The Bertz CT molecular complexity index is 401. The molecular weight excluding hydrogens is 291 g/mol. The van der Waals surface area contributed by atoms with E-state index in [-0.39, 0.29) is 12.4 Å². The Kier molecular flexibility index (Phi) is 7.90. The minimum absolute atomic E-state index is 0. The molecule has 2 rings (SSSR count). The molecule has 1 aliphatic rings. The Morgan fingerprint density at radius 1 is 1.30 bits per heavy atom. The standard InChI is InChI=1S/C16H25ClN2.ClH/c1-3-19(15-5-4-9-18-10-8-15)12-14-7-6-13(2)16(17)11-14;/h6-7,11,15,18H,3-5,8-10,12H2,1-2H3;1H. The number of nitrogens with zero attached hydrogens (tertiary/aromatic N) is 1. The van der Waals surface area contributed by atoms with E-state index in [1.54, 1.807) is 0 Å². The molecule has 0 aliphatic carbocycles. The third-order valence-electron chi connectivity index (χ3n) is 4.09. The van der Waals surface area contributed by atoms with Crippen LogP contribution in [-0.4, -0.2) is 30.6 Å². The summed E-state index contributed by atoms with van der Waals surface area (Å²) in [4.78, 5) is 2.59. The van der Waals surface area contributed by atoms with Gasteiger partial charge in [-0.2, -0.15) is 0 Å². The minimum atomic E-state index is 0. The van der Waals surface area contributed by atoms with Crippen molar-refractivity contribution in [3.05, 3.63) is 34.3 Å². The maximum atomic E-state index is 6.22. The largest absolute Gasteiger partial charge is 0.317 e. The summed E-state index contributed by atoms with van der Waals surface area (Å²) < 4.78 is 0. The Hall–Kier alpha value is -0.280. The predicted octanol–water partition coefficient (Wildman–Crippen LogP) is 4.03. The van der Waals surface area contributed by atoms with Crippen molar-refractivity contribution in [2.45, 2.75) is 45.7 Å². The molecule has 1 unspecified atom stereocenters. The molecule has 0 saturated carbocycles. The summed E-state index contributed by atoms with van der Waals surface area (Å²) in [5.74, 6) is 0. The van der Waals surface area contributed by atoms with Crippen molar-refractivity contribution in [1.29, 1.82) is 0 Å². The Balaban J connectivity index is 0.00000200. The highest BCUT2D eigenvalue weighted by Gasteiger charge is 2.18. The van der Waals surface area contributed by atoms with Gasteiger partial charge in [0, 0.05) is 17.6 Å². The Labute approximate surface area is 134 Å². The van der Waals surface area contributed by atoms with Crippen LogP contribution in [0, 0.1) is 6.92 Å². The van der Waals surface area contributed by atoms with E-state index in [0.717, 1.165) is 30.2 Å². The molecule has 1 saturated heterocycles. The molecule has 4 heteroatoms. The molecule has 1 aliphatic heterocycles. The van der Waals surface area contributed by atoms with E-state index >= 15 is 0 Å². The fourth-order valence-electron chi connectivity index (χ4n) is 2.83. The zero-order chi connectivity index (χ0) is 13.7. The van der Waals surface area contributed by atoms with Crippen molar-refractivity contribution >= 4 is 24.0 Å². The lowest BCUT2D eigenvalue weighted by atomic mass is 10.1. The average Bonchev–Trinajstić information content (AvgIpc) is 2.69. The van der Waals surface area contributed by atoms with Gasteiger partial charge in [0.05, 0.1) is 0 Å². The van der Waals surface area contributed by atoms with Crippen LogP contribution in [0.25, 0.3) is 0 Å². The van der Waals surface area contributed by atoms with Gasteiger partial charge in [0.1, 0.15) is 0 Å². The van der Waals surface area contributed by atoms with Crippen LogP contribution in [0.15, 0.2) is 18.2 Å². The molecule has 0 spiro atoms. The molecule has 1 heterocycles. The molecule has 0 bridgehead atoms. The van der Waals surface area contributed by atoms with Crippen molar-refractivity contribution in [2.75, 3.05) is 19.6 Å². The first-order valence-corrected chi connectivity index (χ1v) is 7.78. The molecule has 114 valence electrons. The first-order valence-electron chi connectivity index (χ1n) is 7.40. The molecule has 1 aromatic carbocycles.